The summed E-state index contributed by atoms with van der Waals surface area (Å²) in [5.74, 6) is -0.222. The van der Waals surface area contributed by atoms with Crippen molar-refractivity contribution in [1.82, 2.24) is 14.8 Å². The van der Waals surface area contributed by atoms with Crippen LogP contribution in [0.15, 0.2) is 29.6 Å². The summed E-state index contributed by atoms with van der Waals surface area (Å²) in [6.45, 7) is 7.39. The summed E-state index contributed by atoms with van der Waals surface area (Å²) in [6, 6.07) is 6.48. The lowest BCUT2D eigenvalue weighted by molar-refractivity contribution is 0.0777. The Morgan fingerprint density at radius 3 is 2.48 bits per heavy atom. The Balaban J connectivity index is 1.55. The van der Waals surface area contributed by atoms with Gasteiger partial charge in [0.25, 0.3) is 0 Å². The SMILES string of the molecule is C[C@@H](O)CN1CCN(Cc2csc(-c3ccc(F)cc3)n2)CC1. The van der Waals surface area contributed by atoms with Crippen LogP contribution in [0.1, 0.15) is 12.6 Å². The van der Waals surface area contributed by atoms with E-state index in [0.717, 1.165) is 55.5 Å². The van der Waals surface area contributed by atoms with Crippen molar-refractivity contribution in [3.8, 4) is 10.6 Å². The summed E-state index contributed by atoms with van der Waals surface area (Å²) >= 11 is 1.60. The Hall–Kier alpha value is -1.34. The summed E-state index contributed by atoms with van der Waals surface area (Å²) in [4.78, 5) is 9.36. The van der Waals surface area contributed by atoms with Gasteiger partial charge >= 0.3 is 0 Å². The third-order valence-electron chi connectivity index (χ3n) is 4.02. The number of aromatic nitrogens is 1. The molecule has 2 heterocycles. The molecule has 0 saturated carbocycles. The van der Waals surface area contributed by atoms with E-state index in [1.165, 1.54) is 12.1 Å². The van der Waals surface area contributed by atoms with Crippen molar-refractivity contribution in [3.05, 3.63) is 41.2 Å². The highest BCUT2D eigenvalue weighted by Crippen LogP contribution is 2.24. The molecule has 124 valence electrons. The van der Waals surface area contributed by atoms with Gasteiger partial charge in [0.15, 0.2) is 0 Å². The van der Waals surface area contributed by atoms with E-state index in [4.69, 9.17) is 0 Å². The molecule has 23 heavy (non-hydrogen) atoms. The molecule has 1 aliphatic rings. The predicted molar refractivity (Wildman–Crippen MR) is 90.9 cm³/mol. The van der Waals surface area contributed by atoms with Gasteiger partial charge < -0.3 is 5.11 Å². The first kappa shape index (κ1) is 16.5. The second-order valence-electron chi connectivity index (χ2n) is 6.08. The number of β-amino-alcohol motifs (C(OH)–C–C–N with tert-alkyl or cyclic N) is 1. The van der Waals surface area contributed by atoms with Crippen LogP contribution in [0.25, 0.3) is 10.6 Å². The molecule has 3 rings (SSSR count). The standard InChI is InChI=1S/C17H22FN3OS/c1-13(22)10-20-6-8-21(9-7-20)11-16-12-23-17(19-16)14-2-4-15(18)5-3-14/h2-5,12-13,22H,6-11H2,1H3/t13-/m1/s1. The van der Waals surface area contributed by atoms with Gasteiger partial charge in [0.1, 0.15) is 10.8 Å². The third-order valence-corrected chi connectivity index (χ3v) is 4.96. The number of piperazine rings is 1. The van der Waals surface area contributed by atoms with Crippen molar-refractivity contribution in [1.29, 1.82) is 0 Å². The number of hydrogen-bond acceptors (Lipinski definition) is 5. The minimum Gasteiger partial charge on any atom is -0.392 e. The molecule has 1 atom stereocenters. The van der Waals surface area contributed by atoms with Crippen molar-refractivity contribution >= 4 is 11.3 Å². The van der Waals surface area contributed by atoms with Crippen LogP contribution in [0.4, 0.5) is 4.39 Å². The van der Waals surface area contributed by atoms with Crippen LogP contribution in [0, 0.1) is 5.82 Å². The van der Waals surface area contributed by atoms with Gasteiger partial charge in [-0.2, -0.15) is 0 Å². The Morgan fingerprint density at radius 1 is 1.17 bits per heavy atom. The molecule has 0 radical (unpaired) electrons. The van der Waals surface area contributed by atoms with Crippen LogP contribution < -0.4 is 0 Å². The number of rotatable bonds is 5. The van der Waals surface area contributed by atoms with Crippen LogP contribution >= 0.6 is 11.3 Å². The average molecular weight is 335 g/mol. The molecule has 1 fully saturated rings. The molecule has 1 aromatic heterocycles. The summed E-state index contributed by atoms with van der Waals surface area (Å²) in [5.41, 5.74) is 2.03. The molecular formula is C17H22FN3OS. The second kappa shape index (κ2) is 7.49. The number of thiazole rings is 1. The first-order valence-corrected chi connectivity index (χ1v) is 8.81. The summed E-state index contributed by atoms with van der Waals surface area (Å²) in [5, 5.41) is 12.5. The van der Waals surface area contributed by atoms with Crippen molar-refractivity contribution < 1.29 is 9.50 Å². The largest absolute Gasteiger partial charge is 0.392 e. The van der Waals surface area contributed by atoms with Crippen LogP contribution in [0.2, 0.25) is 0 Å². The van der Waals surface area contributed by atoms with E-state index < -0.39 is 0 Å². The number of nitrogens with zero attached hydrogens (tertiary/aromatic N) is 3. The molecule has 0 spiro atoms. The zero-order valence-corrected chi connectivity index (χ0v) is 14.1. The van der Waals surface area contributed by atoms with Gasteiger partial charge in [-0.3, -0.25) is 9.80 Å². The fourth-order valence-corrected chi connectivity index (χ4v) is 3.65. The third kappa shape index (κ3) is 4.57. The lowest BCUT2D eigenvalue weighted by Crippen LogP contribution is -2.47. The quantitative estimate of drug-likeness (QED) is 0.911. The Labute approximate surface area is 140 Å². The van der Waals surface area contributed by atoms with E-state index in [9.17, 15) is 9.50 Å². The number of aliphatic hydroxyl groups is 1. The van der Waals surface area contributed by atoms with Gasteiger partial charge in [0.05, 0.1) is 11.8 Å². The van der Waals surface area contributed by atoms with Gasteiger partial charge in [0, 0.05) is 50.2 Å². The maximum Gasteiger partial charge on any atom is 0.123 e. The molecule has 6 heteroatoms. The van der Waals surface area contributed by atoms with E-state index in [2.05, 4.69) is 20.2 Å². The van der Waals surface area contributed by atoms with Crippen LogP contribution in [0.3, 0.4) is 0 Å². The second-order valence-corrected chi connectivity index (χ2v) is 6.93. The van der Waals surface area contributed by atoms with Crippen molar-refractivity contribution in [2.75, 3.05) is 32.7 Å². The van der Waals surface area contributed by atoms with E-state index in [1.54, 1.807) is 23.5 Å². The zero-order valence-electron chi connectivity index (χ0n) is 13.3. The minimum absolute atomic E-state index is 0.222. The Morgan fingerprint density at radius 2 is 1.83 bits per heavy atom. The van der Waals surface area contributed by atoms with E-state index in [-0.39, 0.29) is 11.9 Å². The number of hydrogen-bond donors (Lipinski definition) is 1. The summed E-state index contributed by atoms with van der Waals surface area (Å²) in [7, 11) is 0. The van der Waals surface area contributed by atoms with Crippen LogP contribution in [0.5, 0.6) is 0 Å². The molecule has 1 aliphatic heterocycles. The maximum absolute atomic E-state index is 13.0. The molecule has 1 aromatic carbocycles. The van der Waals surface area contributed by atoms with Crippen molar-refractivity contribution in [2.24, 2.45) is 0 Å². The number of aliphatic hydroxyl groups excluding tert-OH is 1. The fourth-order valence-electron chi connectivity index (χ4n) is 2.84. The fraction of sp³-hybridized carbons (Fsp3) is 0.471. The number of benzene rings is 1. The Kier molecular flexibility index (Phi) is 5.38. The zero-order chi connectivity index (χ0) is 16.2. The molecule has 1 N–H and O–H groups in total. The topological polar surface area (TPSA) is 39.6 Å². The molecular weight excluding hydrogens is 313 g/mol. The molecule has 2 aromatic rings. The molecule has 0 aliphatic carbocycles. The highest BCUT2D eigenvalue weighted by molar-refractivity contribution is 7.13. The highest BCUT2D eigenvalue weighted by atomic mass is 32.1. The lowest BCUT2D eigenvalue weighted by atomic mass is 10.2. The lowest BCUT2D eigenvalue weighted by Gasteiger charge is -2.34. The van der Waals surface area contributed by atoms with Crippen LogP contribution in [-0.2, 0) is 6.54 Å². The molecule has 0 amide bonds. The van der Waals surface area contributed by atoms with E-state index in [0.29, 0.717) is 0 Å². The van der Waals surface area contributed by atoms with Gasteiger partial charge in [-0.15, -0.1) is 11.3 Å². The monoisotopic (exact) mass is 335 g/mol. The van der Waals surface area contributed by atoms with Crippen molar-refractivity contribution in [3.63, 3.8) is 0 Å². The Bertz CT molecular complexity index is 621. The molecule has 0 unspecified atom stereocenters. The van der Waals surface area contributed by atoms with Gasteiger partial charge in [-0.1, -0.05) is 0 Å². The minimum atomic E-state index is -0.265. The average Bonchev–Trinajstić information content (AvgIpc) is 2.98. The summed E-state index contributed by atoms with van der Waals surface area (Å²) in [6.07, 6.45) is -0.265. The first-order chi connectivity index (χ1) is 11.1. The predicted octanol–water partition coefficient (Wildman–Crippen LogP) is 2.45. The molecule has 0 bridgehead atoms. The first-order valence-electron chi connectivity index (χ1n) is 7.93. The van der Waals surface area contributed by atoms with E-state index >= 15 is 0 Å². The van der Waals surface area contributed by atoms with Gasteiger partial charge in [-0.25, -0.2) is 9.37 Å². The highest BCUT2D eigenvalue weighted by Gasteiger charge is 2.18. The van der Waals surface area contributed by atoms with E-state index in [1.807, 2.05) is 6.92 Å². The molecule has 4 nitrogen and oxygen atoms in total. The summed E-state index contributed by atoms with van der Waals surface area (Å²) < 4.78 is 13.0. The maximum atomic E-state index is 13.0. The normalized spacial score (nSPS) is 18.2. The van der Waals surface area contributed by atoms with Gasteiger partial charge in [0.2, 0.25) is 0 Å². The van der Waals surface area contributed by atoms with Gasteiger partial charge in [-0.05, 0) is 31.2 Å². The smallest absolute Gasteiger partial charge is 0.123 e. The number of halogens is 1. The van der Waals surface area contributed by atoms with Crippen molar-refractivity contribution in [2.45, 2.75) is 19.6 Å². The molecule has 1 saturated heterocycles. The van der Waals surface area contributed by atoms with Crippen LogP contribution in [-0.4, -0.2) is 58.7 Å².